The molecule has 14 heteroatoms. The second-order valence-electron chi connectivity index (χ2n) is 18.0. The molecular weight excluding hydrogens is 703 g/mol. The van der Waals surface area contributed by atoms with Crippen LogP contribution in [-0.2, 0) is 18.9 Å². The minimum Gasteiger partial charge on any atom is -0.494 e. The van der Waals surface area contributed by atoms with E-state index in [4.69, 9.17) is 34.8 Å². The molecule has 5 heterocycles. The number of hydrogen-bond acceptors (Lipinski definition) is 10. The second-order valence-corrected chi connectivity index (χ2v) is 29.2. The van der Waals surface area contributed by atoms with Crippen molar-refractivity contribution in [2.75, 3.05) is 43.9 Å². The number of nitrogens with zero attached hydrogens (tertiary/aromatic N) is 6. The van der Waals surface area contributed by atoms with E-state index in [1.54, 1.807) is 12.3 Å². The van der Waals surface area contributed by atoms with E-state index in [9.17, 15) is 4.79 Å². The van der Waals surface area contributed by atoms with Crippen LogP contribution in [0.3, 0.4) is 0 Å². The number of carbonyl (C=O) groups is 1. The van der Waals surface area contributed by atoms with Gasteiger partial charge in [-0.25, -0.2) is 14.8 Å². The third kappa shape index (κ3) is 10.4. The smallest absolute Gasteiger partial charge is 0.410 e. The normalized spacial score (nSPS) is 19.1. The molecular formula is C39H63N7O5Si2. The van der Waals surface area contributed by atoms with Crippen molar-refractivity contribution < 1.29 is 23.7 Å². The van der Waals surface area contributed by atoms with E-state index >= 15 is 0 Å². The van der Waals surface area contributed by atoms with Crippen LogP contribution in [0.5, 0.6) is 0 Å². The standard InChI is InChI=1S/C39H63N7O5Si2/c1-12-50-27(2)34-35(29-21-30-14-15-31(22-29)45(30)38(47)51-39(3,4)5)43-36-32(28-13-16-33(40)41-23-28)24-42-46(36)37(34)44(25-48-17-19-52(6,7)8)26-49-18-20-53(9,10)11/h13,16,23-24,29-31H,2,12,14-15,17-22,25-26H2,1,3-11H3,(H2,40,41). The Morgan fingerprint density at radius 1 is 0.981 bits per heavy atom. The van der Waals surface area contributed by atoms with Crippen molar-refractivity contribution in [1.82, 2.24) is 24.5 Å². The summed E-state index contributed by atoms with van der Waals surface area (Å²) in [6, 6.07) is 5.91. The van der Waals surface area contributed by atoms with Gasteiger partial charge in [0, 0.05) is 64.7 Å². The van der Waals surface area contributed by atoms with Crippen LogP contribution in [0.1, 0.15) is 70.6 Å². The molecule has 0 aliphatic carbocycles. The van der Waals surface area contributed by atoms with Crippen LogP contribution in [0.15, 0.2) is 31.1 Å². The molecule has 292 valence electrons. The number of pyridine rings is 1. The lowest BCUT2D eigenvalue weighted by Gasteiger charge is -2.40. The number of fused-ring (bicyclic) bond motifs is 3. The molecule has 2 aliphatic rings. The topological polar surface area (TPSA) is 130 Å². The second kappa shape index (κ2) is 16.5. The number of nitrogens with two attached hydrogens (primary N) is 1. The molecule has 1 amide bonds. The van der Waals surface area contributed by atoms with Crippen LogP contribution in [0, 0.1) is 0 Å². The quantitative estimate of drug-likeness (QED) is 0.0656. The Kier molecular flexibility index (Phi) is 12.7. The average Bonchev–Trinajstić information content (AvgIpc) is 3.59. The lowest BCUT2D eigenvalue weighted by atomic mass is 9.85. The number of ether oxygens (including phenoxy) is 4. The predicted octanol–water partition coefficient (Wildman–Crippen LogP) is 8.46. The predicted molar refractivity (Wildman–Crippen MR) is 219 cm³/mol. The number of hydrogen-bond donors (Lipinski definition) is 1. The number of anilines is 2. The molecule has 12 nitrogen and oxygen atoms in total. The van der Waals surface area contributed by atoms with Gasteiger partial charge in [-0.15, -0.1) is 0 Å². The van der Waals surface area contributed by atoms with Crippen LogP contribution >= 0.6 is 0 Å². The number of aromatic nitrogens is 4. The van der Waals surface area contributed by atoms with Gasteiger partial charge < -0.3 is 34.5 Å². The summed E-state index contributed by atoms with van der Waals surface area (Å²) in [6.07, 6.45) is 6.70. The molecule has 0 saturated carbocycles. The Hall–Kier alpha value is -3.47. The van der Waals surface area contributed by atoms with Crippen molar-refractivity contribution in [1.29, 1.82) is 0 Å². The number of nitrogen functional groups attached to an aromatic ring is 1. The number of carbonyl (C=O) groups excluding carboxylic acids is 1. The van der Waals surface area contributed by atoms with E-state index in [-0.39, 0.29) is 24.1 Å². The van der Waals surface area contributed by atoms with Crippen molar-refractivity contribution in [3.05, 3.63) is 42.4 Å². The first-order valence-electron chi connectivity index (χ1n) is 19.2. The zero-order valence-corrected chi connectivity index (χ0v) is 35.8. The highest BCUT2D eigenvalue weighted by Gasteiger charge is 2.46. The highest BCUT2D eigenvalue weighted by atomic mass is 28.3. The van der Waals surface area contributed by atoms with E-state index in [0.717, 1.165) is 66.0 Å². The van der Waals surface area contributed by atoms with E-state index in [2.05, 4.69) is 55.7 Å². The fourth-order valence-electron chi connectivity index (χ4n) is 7.14. The average molecular weight is 766 g/mol. The summed E-state index contributed by atoms with van der Waals surface area (Å²) in [5.74, 6) is 1.76. The Morgan fingerprint density at radius 2 is 1.58 bits per heavy atom. The largest absolute Gasteiger partial charge is 0.494 e. The highest BCUT2D eigenvalue weighted by molar-refractivity contribution is 6.76. The van der Waals surface area contributed by atoms with Crippen molar-refractivity contribution >= 4 is 45.3 Å². The third-order valence-corrected chi connectivity index (χ3v) is 13.3. The monoisotopic (exact) mass is 765 g/mol. The molecule has 2 N–H and O–H groups in total. The molecule has 3 aromatic heterocycles. The van der Waals surface area contributed by atoms with Crippen LogP contribution in [0.4, 0.5) is 16.4 Å². The number of piperidine rings is 1. The van der Waals surface area contributed by atoms with E-state index in [0.29, 0.717) is 50.5 Å². The molecule has 2 bridgehead atoms. The van der Waals surface area contributed by atoms with Crippen molar-refractivity contribution in [3.8, 4) is 11.1 Å². The number of rotatable bonds is 16. The molecule has 0 spiro atoms. The Morgan fingerprint density at radius 3 is 2.09 bits per heavy atom. The third-order valence-electron chi connectivity index (χ3n) is 9.86. The van der Waals surface area contributed by atoms with Gasteiger partial charge in [0.05, 0.1) is 24.1 Å². The summed E-state index contributed by atoms with van der Waals surface area (Å²) in [5, 5.41) is 4.96. The summed E-state index contributed by atoms with van der Waals surface area (Å²) in [5.41, 5.74) is 9.48. The van der Waals surface area contributed by atoms with Crippen LogP contribution in [0.25, 0.3) is 22.5 Å². The highest BCUT2D eigenvalue weighted by Crippen LogP contribution is 2.47. The van der Waals surface area contributed by atoms with Gasteiger partial charge in [-0.1, -0.05) is 45.9 Å². The maximum Gasteiger partial charge on any atom is 0.410 e. The van der Waals surface area contributed by atoms with Gasteiger partial charge in [0.25, 0.3) is 0 Å². The van der Waals surface area contributed by atoms with Gasteiger partial charge in [-0.05, 0) is 77.6 Å². The Balaban J connectivity index is 1.65. The number of amides is 1. The molecule has 0 aromatic carbocycles. The van der Waals surface area contributed by atoms with Crippen LogP contribution < -0.4 is 10.6 Å². The summed E-state index contributed by atoms with van der Waals surface area (Å²) in [4.78, 5) is 27.4. The first kappa shape index (κ1) is 40.7. The zero-order valence-electron chi connectivity index (χ0n) is 33.8. The SMILES string of the molecule is C=C(OCC)c1c(C2CC3CCC(C2)N3C(=O)OC(C)(C)C)nc2c(-c3ccc(N)nc3)cnn2c1N(COCC[Si](C)(C)C)COCC[Si](C)(C)C. The van der Waals surface area contributed by atoms with Gasteiger partial charge in [-0.2, -0.15) is 9.61 Å². The molecule has 5 rings (SSSR count). The first-order chi connectivity index (χ1) is 24.8. The molecule has 53 heavy (non-hydrogen) atoms. The fourth-order valence-corrected chi connectivity index (χ4v) is 8.66. The molecule has 2 fully saturated rings. The molecule has 3 aromatic rings. The summed E-state index contributed by atoms with van der Waals surface area (Å²) >= 11 is 0. The summed E-state index contributed by atoms with van der Waals surface area (Å²) < 4.78 is 26.9. The van der Waals surface area contributed by atoms with E-state index < -0.39 is 21.7 Å². The maximum atomic E-state index is 13.5. The Labute approximate surface area is 318 Å². The van der Waals surface area contributed by atoms with Crippen molar-refractivity contribution in [3.63, 3.8) is 0 Å². The Bertz CT molecular complexity index is 1690. The molecule has 2 aliphatic heterocycles. The fraction of sp³-hybridized carbons (Fsp3) is 0.641. The van der Waals surface area contributed by atoms with Gasteiger partial charge in [0.1, 0.15) is 36.5 Å². The van der Waals surface area contributed by atoms with Crippen LogP contribution in [0.2, 0.25) is 51.4 Å². The van der Waals surface area contributed by atoms with E-state index in [1.165, 1.54) is 0 Å². The molecule has 0 radical (unpaired) electrons. The van der Waals surface area contributed by atoms with Gasteiger partial charge in [0.15, 0.2) is 5.65 Å². The lowest BCUT2D eigenvalue weighted by Crippen LogP contribution is -2.48. The summed E-state index contributed by atoms with van der Waals surface area (Å²) in [7, 11) is -2.66. The summed E-state index contributed by atoms with van der Waals surface area (Å²) in [6.45, 7) is 28.7. The van der Waals surface area contributed by atoms with Gasteiger partial charge >= 0.3 is 6.09 Å². The van der Waals surface area contributed by atoms with Crippen molar-refractivity contribution in [2.24, 2.45) is 0 Å². The molecule has 2 atom stereocenters. The van der Waals surface area contributed by atoms with E-state index in [1.807, 2.05) is 49.4 Å². The maximum absolute atomic E-state index is 13.5. The minimum atomic E-state index is -1.33. The first-order valence-corrected chi connectivity index (χ1v) is 26.6. The van der Waals surface area contributed by atoms with Gasteiger partial charge in [0.2, 0.25) is 0 Å². The van der Waals surface area contributed by atoms with Crippen LogP contribution in [-0.4, -0.2) is 97.7 Å². The van der Waals surface area contributed by atoms with Gasteiger partial charge in [-0.3, -0.25) is 0 Å². The molecule has 2 unspecified atom stereocenters. The minimum absolute atomic E-state index is 0.0249. The zero-order chi connectivity index (χ0) is 38.7. The van der Waals surface area contributed by atoms with Crippen molar-refractivity contribution in [2.45, 2.75) is 128 Å². The molecule has 2 saturated heterocycles. The lowest BCUT2D eigenvalue weighted by molar-refractivity contribution is 0.00566.